The van der Waals surface area contributed by atoms with E-state index in [1.54, 1.807) is 6.92 Å². The van der Waals surface area contributed by atoms with Crippen molar-refractivity contribution in [3.05, 3.63) is 71.5 Å². The normalized spacial score (nSPS) is 13.9. The van der Waals surface area contributed by atoms with Crippen molar-refractivity contribution in [1.82, 2.24) is 19.4 Å². The number of aryl methyl sites for hydroxylation is 1. The van der Waals surface area contributed by atoms with Crippen LogP contribution >= 0.6 is 0 Å². The van der Waals surface area contributed by atoms with Crippen molar-refractivity contribution in [3.63, 3.8) is 0 Å². The number of hydrogen-bond donors (Lipinski definition) is 1. The molecule has 11 heteroatoms. The number of halogens is 2. The lowest BCUT2D eigenvalue weighted by molar-refractivity contribution is 0.0939. The Kier molecular flexibility index (Phi) is 6.65. The zero-order valence-electron chi connectivity index (χ0n) is 21.1. The lowest BCUT2D eigenvalue weighted by Crippen LogP contribution is -2.44. The molecule has 1 aliphatic heterocycles. The van der Waals surface area contributed by atoms with Gasteiger partial charge in [-0.25, -0.2) is 23.6 Å². The number of nitrogens with one attached hydrogen (secondary N) is 1. The summed E-state index contributed by atoms with van der Waals surface area (Å²) in [5.74, 6) is -2.67. The van der Waals surface area contributed by atoms with Crippen LogP contribution in [0.4, 0.5) is 31.7 Å². The van der Waals surface area contributed by atoms with Crippen molar-refractivity contribution in [2.45, 2.75) is 13.8 Å². The quantitative estimate of drug-likeness (QED) is 0.350. The van der Waals surface area contributed by atoms with Crippen LogP contribution in [0.15, 0.2) is 42.7 Å². The molecular formula is C27H25F2N7O2. The Bertz CT molecular complexity index is 1570. The second-order valence-electron chi connectivity index (χ2n) is 9.13. The van der Waals surface area contributed by atoms with E-state index >= 15 is 4.39 Å². The van der Waals surface area contributed by atoms with Crippen molar-refractivity contribution in [2.75, 3.05) is 43.4 Å². The molecule has 1 N–H and O–H groups in total. The van der Waals surface area contributed by atoms with Gasteiger partial charge in [0.1, 0.15) is 12.1 Å². The molecule has 0 unspecified atom stereocenters. The van der Waals surface area contributed by atoms with Crippen LogP contribution in [0.1, 0.15) is 17.4 Å². The molecule has 9 nitrogen and oxygen atoms in total. The van der Waals surface area contributed by atoms with E-state index in [1.807, 2.05) is 24.3 Å². The predicted octanol–water partition coefficient (Wildman–Crippen LogP) is 5.52. The van der Waals surface area contributed by atoms with Gasteiger partial charge in [-0.1, -0.05) is 0 Å². The molecule has 5 rings (SSSR count). The van der Waals surface area contributed by atoms with Crippen molar-refractivity contribution in [2.24, 2.45) is 0 Å². The fraction of sp³-hybridized carbons (Fsp3) is 0.259. The minimum atomic E-state index is -0.868. The third-order valence-electron chi connectivity index (χ3n) is 6.54. The number of anilines is 3. The number of ether oxygens (including phenoxy) is 1. The highest BCUT2D eigenvalue weighted by Crippen LogP contribution is 2.39. The number of fused-ring (bicyclic) bond motifs is 1. The van der Waals surface area contributed by atoms with Gasteiger partial charge in [-0.2, -0.15) is 0 Å². The van der Waals surface area contributed by atoms with Gasteiger partial charge in [0, 0.05) is 61.6 Å². The van der Waals surface area contributed by atoms with Crippen LogP contribution in [0, 0.1) is 25.1 Å². The van der Waals surface area contributed by atoms with Crippen LogP contribution < -0.4 is 15.0 Å². The molecule has 0 spiro atoms. The van der Waals surface area contributed by atoms with E-state index in [0.29, 0.717) is 11.4 Å². The number of likely N-dealkylation sites (N-methyl/N-ethyl adjacent to an activating group) is 1. The first kappa shape index (κ1) is 25.1. The Balaban J connectivity index is 1.42. The molecule has 38 heavy (non-hydrogen) atoms. The third kappa shape index (κ3) is 4.62. The third-order valence-corrected chi connectivity index (χ3v) is 6.54. The monoisotopic (exact) mass is 517 g/mol. The number of nitrogens with zero attached hydrogens (tertiary/aromatic N) is 6. The maximum Gasteiger partial charge on any atom is 0.288 e. The lowest BCUT2D eigenvalue weighted by atomic mass is 10.2. The standard InChI is InChI=1S/C27H25F2N7O2/c1-16-13-20-23(29)22(14-21(28)25(20)36(16)17(2)37)38-27-24(30-3)26(31-15-32-27)33-18-5-7-19(8-6-18)35-11-9-34(4)10-12-35/h5-8,13-15H,9-12H2,1-2,4H3,(H,31,32,33). The summed E-state index contributed by atoms with van der Waals surface area (Å²) in [6.07, 6.45) is 1.17. The summed E-state index contributed by atoms with van der Waals surface area (Å²) in [6.45, 7) is 14.4. The zero-order chi connectivity index (χ0) is 27.0. The molecule has 2 aromatic heterocycles. The molecule has 1 aliphatic rings. The van der Waals surface area contributed by atoms with E-state index in [1.165, 1.54) is 19.3 Å². The molecule has 0 aliphatic carbocycles. The molecule has 3 heterocycles. The van der Waals surface area contributed by atoms with Crippen molar-refractivity contribution in [3.8, 4) is 11.6 Å². The number of carbonyl (C=O) groups excluding carboxylic acids is 1. The Morgan fingerprint density at radius 2 is 1.82 bits per heavy atom. The van der Waals surface area contributed by atoms with Crippen LogP contribution in [0.3, 0.4) is 0 Å². The minimum Gasteiger partial charge on any atom is -0.446 e. The first-order valence-electron chi connectivity index (χ1n) is 12.0. The molecule has 4 aromatic rings. The average molecular weight is 518 g/mol. The molecule has 1 fully saturated rings. The van der Waals surface area contributed by atoms with Crippen molar-refractivity contribution in [1.29, 1.82) is 0 Å². The number of rotatable bonds is 5. The van der Waals surface area contributed by atoms with Gasteiger partial charge in [-0.05, 0) is 44.3 Å². The largest absolute Gasteiger partial charge is 0.446 e. The molecule has 0 amide bonds. The van der Waals surface area contributed by atoms with Gasteiger partial charge in [0.2, 0.25) is 11.8 Å². The first-order chi connectivity index (χ1) is 18.3. The summed E-state index contributed by atoms with van der Waals surface area (Å²) < 4.78 is 37.0. The molecule has 2 aromatic carbocycles. The predicted molar refractivity (Wildman–Crippen MR) is 141 cm³/mol. The van der Waals surface area contributed by atoms with Crippen LogP contribution in [0.5, 0.6) is 11.6 Å². The summed E-state index contributed by atoms with van der Waals surface area (Å²) in [5.41, 5.74) is 1.92. The highest BCUT2D eigenvalue weighted by atomic mass is 19.1. The van der Waals surface area contributed by atoms with E-state index in [-0.39, 0.29) is 28.3 Å². The van der Waals surface area contributed by atoms with Crippen LogP contribution in [-0.2, 0) is 0 Å². The van der Waals surface area contributed by atoms with Crippen LogP contribution in [-0.4, -0.2) is 58.6 Å². The summed E-state index contributed by atoms with van der Waals surface area (Å²) >= 11 is 0. The van der Waals surface area contributed by atoms with Gasteiger partial charge in [0.25, 0.3) is 5.69 Å². The second kappa shape index (κ2) is 10.1. The van der Waals surface area contributed by atoms with E-state index < -0.39 is 23.3 Å². The van der Waals surface area contributed by atoms with E-state index in [0.717, 1.165) is 42.5 Å². The molecule has 0 saturated carbocycles. The molecule has 0 bridgehead atoms. The van der Waals surface area contributed by atoms with E-state index in [2.05, 4.69) is 37.0 Å². The van der Waals surface area contributed by atoms with E-state index in [9.17, 15) is 9.18 Å². The molecule has 1 saturated heterocycles. The van der Waals surface area contributed by atoms with Gasteiger partial charge < -0.3 is 19.9 Å². The summed E-state index contributed by atoms with van der Waals surface area (Å²) in [6, 6.07) is 9.97. The Hall–Kier alpha value is -4.56. The Morgan fingerprint density at radius 3 is 2.47 bits per heavy atom. The van der Waals surface area contributed by atoms with Crippen molar-refractivity contribution >= 4 is 39.7 Å². The van der Waals surface area contributed by atoms with Gasteiger partial charge in [0.15, 0.2) is 17.4 Å². The fourth-order valence-electron chi connectivity index (χ4n) is 4.59. The average Bonchev–Trinajstić information content (AvgIpc) is 3.26. The van der Waals surface area contributed by atoms with Gasteiger partial charge in [-0.15, -0.1) is 0 Å². The second-order valence-corrected chi connectivity index (χ2v) is 9.13. The summed E-state index contributed by atoms with van der Waals surface area (Å²) in [7, 11) is 2.11. The molecule has 0 atom stereocenters. The summed E-state index contributed by atoms with van der Waals surface area (Å²) in [5, 5.41) is 2.98. The van der Waals surface area contributed by atoms with Gasteiger partial charge >= 0.3 is 0 Å². The van der Waals surface area contributed by atoms with E-state index in [4.69, 9.17) is 11.3 Å². The van der Waals surface area contributed by atoms with Gasteiger partial charge in [-0.3, -0.25) is 9.36 Å². The molecular weight excluding hydrogens is 492 g/mol. The highest BCUT2D eigenvalue weighted by molar-refractivity contribution is 5.94. The smallest absolute Gasteiger partial charge is 0.288 e. The lowest BCUT2D eigenvalue weighted by Gasteiger charge is -2.34. The number of hydrogen-bond acceptors (Lipinski definition) is 7. The topological polar surface area (TPSA) is 79.9 Å². The maximum absolute atomic E-state index is 15.3. The minimum absolute atomic E-state index is 0.0898. The fourth-order valence-corrected chi connectivity index (χ4v) is 4.59. The van der Waals surface area contributed by atoms with Crippen LogP contribution in [0.25, 0.3) is 15.7 Å². The first-order valence-corrected chi connectivity index (χ1v) is 12.0. The molecule has 0 radical (unpaired) electrons. The Morgan fingerprint density at radius 1 is 1.11 bits per heavy atom. The number of benzene rings is 2. The summed E-state index contributed by atoms with van der Waals surface area (Å²) in [4.78, 5) is 28.1. The van der Waals surface area contributed by atoms with Gasteiger partial charge in [0.05, 0.1) is 12.1 Å². The van der Waals surface area contributed by atoms with Crippen molar-refractivity contribution < 1.29 is 18.3 Å². The molecule has 194 valence electrons. The number of piperazine rings is 1. The maximum atomic E-state index is 15.3. The number of carbonyl (C=O) groups is 1. The Labute approximate surface area is 218 Å². The highest BCUT2D eigenvalue weighted by Gasteiger charge is 2.23. The SMILES string of the molecule is [C-]#[N+]c1c(Nc2ccc(N3CCN(C)CC3)cc2)ncnc1Oc1cc(F)c2c(cc(C)n2C(C)=O)c1F. The van der Waals surface area contributed by atoms with Crippen LogP contribution in [0.2, 0.25) is 0 Å². The zero-order valence-corrected chi connectivity index (χ0v) is 21.1. The number of aromatic nitrogens is 3.